The molecule has 21 heavy (non-hydrogen) atoms. The Bertz CT molecular complexity index is 315. The maximum absolute atomic E-state index is 5.81. The lowest BCUT2D eigenvalue weighted by Gasteiger charge is -2.42. The summed E-state index contributed by atoms with van der Waals surface area (Å²) in [5.74, 6) is 0.933. The van der Waals surface area contributed by atoms with Crippen LogP contribution in [-0.4, -0.2) is 50.3 Å². The first-order chi connectivity index (χ1) is 10.2. The van der Waals surface area contributed by atoms with Gasteiger partial charge in [0.25, 0.3) is 0 Å². The first-order valence-electron chi connectivity index (χ1n) is 9.19. The van der Waals surface area contributed by atoms with Gasteiger partial charge in [-0.05, 0) is 56.9 Å². The molecule has 2 saturated carbocycles. The smallest absolute Gasteiger partial charge is 0.0702 e. The molecule has 3 heteroatoms. The second-order valence-corrected chi connectivity index (χ2v) is 8.17. The van der Waals surface area contributed by atoms with E-state index < -0.39 is 0 Å². The van der Waals surface area contributed by atoms with E-state index in [1.807, 2.05) is 0 Å². The van der Waals surface area contributed by atoms with Crippen molar-refractivity contribution in [2.75, 3.05) is 33.3 Å². The minimum Gasteiger partial charge on any atom is -0.377 e. The van der Waals surface area contributed by atoms with E-state index in [2.05, 4.69) is 24.2 Å². The van der Waals surface area contributed by atoms with Gasteiger partial charge in [-0.2, -0.15) is 0 Å². The van der Waals surface area contributed by atoms with Gasteiger partial charge in [0.1, 0.15) is 0 Å². The topological polar surface area (TPSA) is 24.5 Å². The normalized spacial score (nSPS) is 37.3. The highest BCUT2D eigenvalue weighted by Gasteiger charge is 2.37. The molecule has 2 aliphatic carbocycles. The molecule has 3 rings (SSSR count). The predicted octanol–water partition coefficient (Wildman–Crippen LogP) is 3.05. The van der Waals surface area contributed by atoms with Crippen LogP contribution in [0, 0.1) is 11.3 Å². The molecule has 0 aromatic carbocycles. The summed E-state index contributed by atoms with van der Waals surface area (Å²) in [5, 5.41) is 3.82. The third kappa shape index (κ3) is 4.67. The Balaban J connectivity index is 1.52. The minimum absolute atomic E-state index is 0.492. The Kier molecular flexibility index (Phi) is 5.23. The third-order valence-corrected chi connectivity index (χ3v) is 5.82. The zero-order valence-corrected chi connectivity index (χ0v) is 14.1. The molecule has 3 nitrogen and oxygen atoms in total. The molecule has 1 unspecified atom stereocenters. The Hall–Kier alpha value is -0.120. The van der Waals surface area contributed by atoms with Crippen LogP contribution in [0.4, 0.5) is 0 Å². The van der Waals surface area contributed by atoms with Crippen molar-refractivity contribution < 1.29 is 4.74 Å². The second-order valence-electron chi connectivity index (χ2n) is 8.17. The van der Waals surface area contributed by atoms with Crippen LogP contribution in [0.1, 0.15) is 58.3 Å². The van der Waals surface area contributed by atoms with Crippen LogP contribution in [0.25, 0.3) is 0 Å². The fraction of sp³-hybridized carbons (Fsp3) is 1.00. The van der Waals surface area contributed by atoms with Gasteiger partial charge in [0.15, 0.2) is 0 Å². The highest BCUT2D eigenvalue weighted by atomic mass is 16.5. The van der Waals surface area contributed by atoms with Crippen LogP contribution in [0.15, 0.2) is 0 Å². The Morgan fingerprint density at radius 1 is 1.14 bits per heavy atom. The van der Waals surface area contributed by atoms with Crippen LogP contribution in [0.3, 0.4) is 0 Å². The van der Waals surface area contributed by atoms with Gasteiger partial charge in [-0.25, -0.2) is 0 Å². The fourth-order valence-electron chi connectivity index (χ4n) is 4.19. The van der Waals surface area contributed by atoms with Gasteiger partial charge < -0.3 is 15.0 Å². The molecule has 122 valence electrons. The van der Waals surface area contributed by atoms with Crippen molar-refractivity contribution in [2.24, 2.45) is 11.3 Å². The van der Waals surface area contributed by atoms with Gasteiger partial charge >= 0.3 is 0 Å². The summed E-state index contributed by atoms with van der Waals surface area (Å²) in [7, 11) is 2.30. The van der Waals surface area contributed by atoms with Crippen molar-refractivity contribution in [1.29, 1.82) is 0 Å². The summed E-state index contributed by atoms with van der Waals surface area (Å²) in [6.07, 6.45) is 11.5. The average Bonchev–Trinajstić information content (AvgIpc) is 3.17. The lowest BCUT2D eigenvalue weighted by atomic mass is 9.70. The molecule has 1 N–H and O–H groups in total. The van der Waals surface area contributed by atoms with Crippen molar-refractivity contribution in [1.82, 2.24) is 10.2 Å². The predicted molar refractivity (Wildman–Crippen MR) is 87.6 cm³/mol. The van der Waals surface area contributed by atoms with Crippen molar-refractivity contribution in [3.63, 3.8) is 0 Å². The van der Waals surface area contributed by atoms with E-state index in [0.29, 0.717) is 11.5 Å². The summed E-state index contributed by atoms with van der Waals surface area (Å²) >= 11 is 0. The largest absolute Gasteiger partial charge is 0.377 e. The monoisotopic (exact) mass is 294 g/mol. The number of hydrogen-bond donors (Lipinski definition) is 1. The van der Waals surface area contributed by atoms with Gasteiger partial charge in [-0.3, -0.25) is 0 Å². The average molecular weight is 294 g/mol. The van der Waals surface area contributed by atoms with Crippen molar-refractivity contribution in [2.45, 2.75) is 70.4 Å². The number of rotatable bonds is 7. The van der Waals surface area contributed by atoms with Crippen LogP contribution < -0.4 is 5.32 Å². The van der Waals surface area contributed by atoms with E-state index in [1.165, 1.54) is 64.5 Å². The molecule has 0 spiro atoms. The van der Waals surface area contributed by atoms with Crippen LogP contribution in [0.2, 0.25) is 0 Å². The van der Waals surface area contributed by atoms with Crippen LogP contribution in [-0.2, 0) is 4.74 Å². The molecular weight excluding hydrogens is 260 g/mol. The molecule has 3 aliphatic rings. The minimum atomic E-state index is 0.492. The molecule has 0 bridgehead atoms. The van der Waals surface area contributed by atoms with E-state index in [-0.39, 0.29) is 0 Å². The number of nitrogens with zero attached hydrogens (tertiary/aromatic N) is 1. The molecule has 1 heterocycles. The van der Waals surface area contributed by atoms with Crippen LogP contribution in [0.5, 0.6) is 0 Å². The van der Waals surface area contributed by atoms with Crippen molar-refractivity contribution in [3.05, 3.63) is 0 Å². The SMILES string of the molecule is CC1CCC(CNC2CC2)(CN(C)CC2CCCO2)CC1. The quantitative estimate of drug-likeness (QED) is 0.781. The maximum Gasteiger partial charge on any atom is 0.0702 e. The van der Waals surface area contributed by atoms with E-state index in [4.69, 9.17) is 4.74 Å². The number of likely N-dealkylation sites (N-methyl/N-ethyl adjacent to an activating group) is 1. The lowest BCUT2D eigenvalue weighted by Crippen LogP contribution is -2.47. The zero-order valence-electron chi connectivity index (χ0n) is 14.1. The van der Waals surface area contributed by atoms with Crippen LogP contribution >= 0.6 is 0 Å². The molecule has 1 aliphatic heterocycles. The molecule has 0 aromatic heterocycles. The fourth-order valence-corrected chi connectivity index (χ4v) is 4.19. The summed E-state index contributed by atoms with van der Waals surface area (Å²) < 4.78 is 5.81. The summed E-state index contributed by atoms with van der Waals surface area (Å²) in [6, 6.07) is 0.838. The van der Waals surface area contributed by atoms with E-state index >= 15 is 0 Å². The first kappa shape index (κ1) is 15.8. The van der Waals surface area contributed by atoms with E-state index in [1.54, 1.807) is 0 Å². The van der Waals surface area contributed by atoms with Gasteiger partial charge in [0.05, 0.1) is 6.10 Å². The van der Waals surface area contributed by atoms with Gasteiger partial charge in [0, 0.05) is 32.3 Å². The molecule has 3 fully saturated rings. The maximum atomic E-state index is 5.81. The van der Waals surface area contributed by atoms with Gasteiger partial charge in [-0.1, -0.05) is 19.8 Å². The summed E-state index contributed by atoms with van der Waals surface area (Å²) in [6.45, 7) is 7.01. The Morgan fingerprint density at radius 2 is 1.90 bits per heavy atom. The van der Waals surface area contributed by atoms with Crippen molar-refractivity contribution in [3.8, 4) is 0 Å². The van der Waals surface area contributed by atoms with Crippen molar-refractivity contribution >= 4 is 0 Å². The molecule has 1 atom stereocenters. The Labute approximate surface area is 130 Å². The molecule has 0 radical (unpaired) electrons. The third-order valence-electron chi connectivity index (χ3n) is 5.82. The highest BCUT2D eigenvalue weighted by molar-refractivity contribution is 4.92. The number of ether oxygens (including phenoxy) is 1. The number of nitrogens with one attached hydrogen (secondary N) is 1. The second kappa shape index (κ2) is 6.97. The summed E-state index contributed by atoms with van der Waals surface area (Å²) in [4.78, 5) is 2.56. The number of hydrogen-bond acceptors (Lipinski definition) is 3. The highest BCUT2D eigenvalue weighted by Crippen LogP contribution is 2.39. The molecule has 0 aromatic rings. The lowest BCUT2D eigenvalue weighted by molar-refractivity contribution is 0.0486. The molecule has 1 saturated heterocycles. The summed E-state index contributed by atoms with van der Waals surface area (Å²) in [5.41, 5.74) is 0.516. The van der Waals surface area contributed by atoms with Gasteiger partial charge in [0.2, 0.25) is 0 Å². The zero-order chi connectivity index (χ0) is 14.7. The van der Waals surface area contributed by atoms with E-state index in [0.717, 1.165) is 25.1 Å². The standard InChI is InChI=1S/C18H34N2O/c1-15-7-9-18(10-8-15,13-19-16-5-6-16)14-20(2)12-17-4-3-11-21-17/h15-17,19H,3-14H2,1-2H3. The van der Waals surface area contributed by atoms with Gasteiger partial charge in [-0.15, -0.1) is 0 Å². The molecular formula is C18H34N2O. The molecule has 0 amide bonds. The first-order valence-corrected chi connectivity index (χ1v) is 9.19. The Morgan fingerprint density at radius 3 is 2.52 bits per heavy atom. The van der Waals surface area contributed by atoms with E-state index in [9.17, 15) is 0 Å².